The van der Waals surface area contributed by atoms with Gasteiger partial charge in [0.05, 0.1) is 7.11 Å². The summed E-state index contributed by atoms with van der Waals surface area (Å²) in [6.45, 7) is 2.62. The molecule has 1 heterocycles. The average Bonchev–Trinajstić information content (AvgIpc) is 2.09. The Morgan fingerprint density at radius 1 is 1.58 bits per heavy atom. The molecule has 0 aromatic carbocycles. The molecule has 0 aliphatic carbocycles. The highest BCUT2D eigenvalue weighted by molar-refractivity contribution is 5.34. The molecule has 3 nitrogen and oxygen atoms in total. The molecule has 0 unspecified atom stereocenters. The summed E-state index contributed by atoms with van der Waals surface area (Å²) in [7, 11) is 1.66. The second kappa shape index (κ2) is 4.07. The number of hydrogen-bond acceptors (Lipinski definition) is 3. The fourth-order valence-electron chi connectivity index (χ4n) is 1.17. The van der Waals surface area contributed by atoms with E-state index in [0.717, 1.165) is 23.4 Å². The van der Waals surface area contributed by atoms with Crippen molar-refractivity contribution < 1.29 is 4.74 Å². The first-order chi connectivity index (χ1) is 5.79. The molecule has 66 valence electrons. The van der Waals surface area contributed by atoms with E-state index in [1.165, 1.54) is 0 Å². The van der Waals surface area contributed by atoms with Crippen molar-refractivity contribution in [2.75, 3.05) is 13.7 Å². The highest BCUT2D eigenvalue weighted by atomic mass is 16.5. The minimum absolute atomic E-state index is 0.626. The molecule has 0 saturated carbocycles. The molecule has 0 aliphatic rings. The Morgan fingerprint density at radius 3 is 2.92 bits per heavy atom. The van der Waals surface area contributed by atoms with E-state index in [2.05, 4.69) is 4.98 Å². The van der Waals surface area contributed by atoms with Crippen LogP contribution in [0.25, 0.3) is 0 Å². The van der Waals surface area contributed by atoms with Crippen LogP contribution >= 0.6 is 0 Å². The molecule has 0 saturated heterocycles. The van der Waals surface area contributed by atoms with Gasteiger partial charge in [0, 0.05) is 23.9 Å². The largest absolute Gasteiger partial charge is 0.496 e. The van der Waals surface area contributed by atoms with Crippen LogP contribution in [-0.4, -0.2) is 18.6 Å². The monoisotopic (exact) mass is 166 g/mol. The summed E-state index contributed by atoms with van der Waals surface area (Å²) in [5.74, 6) is 0.883. The summed E-state index contributed by atoms with van der Waals surface area (Å²) in [5, 5.41) is 0. The van der Waals surface area contributed by atoms with Gasteiger partial charge in [0.1, 0.15) is 5.75 Å². The predicted molar refractivity (Wildman–Crippen MR) is 48.3 cm³/mol. The van der Waals surface area contributed by atoms with E-state index in [1.54, 1.807) is 13.3 Å². The van der Waals surface area contributed by atoms with Gasteiger partial charge in [-0.2, -0.15) is 0 Å². The Hall–Kier alpha value is -1.09. The van der Waals surface area contributed by atoms with E-state index in [1.807, 2.05) is 13.0 Å². The lowest BCUT2D eigenvalue weighted by molar-refractivity contribution is 0.410. The van der Waals surface area contributed by atoms with Crippen LogP contribution in [0.15, 0.2) is 12.3 Å². The molecule has 0 bridgehead atoms. The zero-order chi connectivity index (χ0) is 8.97. The Labute approximate surface area is 72.6 Å². The maximum Gasteiger partial charge on any atom is 0.125 e. The van der Waals surface area contributed by atoms with Gasteiger partial charge >= 0.3 is 0 Å². The smallest absolute Gasteiger partial charge is 0.125 e. The summed E-state index contributed by atoms with van der Waals surface area (Å²) in [5.41, 5.74) is 7.55. The molecular weight excluding hydrogens is 152 g/mol. The molecule has 3 heteroatoms. The zero-order valence-electron chi connectivity index (χ0n) is 7.50. The second-order valence-electron chi connectivity index (χ2n) is 2.62. The van der Waals surface area contributed by atoms with Crippen LogP contribution in [0.2, 0.25) is 0 Å². The van der Waals surface area contributed by atoms with Gasteiger partial charge in [-0.3, -0.25) is 4.98 Å². The van der Waals surface area contributed by atoms with Crippen LogP contribution in [0.5, 0.6) is 5.75 Å². The lowest BCUT2D eigenvalue weighted by Crippen LogP contribution is -2.06. The van der Waals surface area contributed by atoms with E-state index in [0.29, 0.717) is 6.54 Å². The molecule has 1 rings (SSSR count). The summed E-state index contributed by atoms with van der Waals surface area (Å²) in [4.78, 5) is 4.22. The van der Waals surface area contributed by atoms with E-state index in [4.69, 9.17) is 10.5 Å². The molecule has 0 fully saturated rings. The van der Waals surface area contributed by atoms with Gasteiger partial charge in [0.15, 0.2) is 0 Å². The molecule has 12 heavy (non-hydrogen) atoms. The minimum atomic E-state index is 0.626. The number of nitrogens with zero attached hydrogens (tertiary/aromatic N) is 1. The number of hydrogen-bond donors (Lipinski definition) is 1. The molecule has 0 aliphatic heterocycles. The Balaban J connectivity index is 2.97. The van der Waals surface area contributed by atoms with Gasteiger partial charge in [0.2, 0.25) is 0 Å². The highest BCUT2D eigenvalue weighted by Crippen LogP contribution is 2.18. The highest BCUT2D eigenvalue weighted by Gasteiger charge is 2.03. The molecule has 0 amide bonds. The second-order valence-corrected chi connectivity index (χ2v) is 2.62. The number of nitrogens with two attached hydrogens (primary N) is 1. The first kappa shape index (κ1) is 9.00. The van der Waals surface area contributed by atoms with Crippen molar-refractivity contribution in [2.45, 2.75) is 13.3 Å². The zero-order valence-corrected chi connectivity index (χ0v) is 7.50. The third-order valence-electron chi connectivity index (χ3n) is 1.86. The van der Waals surface area contributed by atoms with Crippen molar-refractivity contribution in [3.05, 3.63) is 23.5 Å². The molecule has 2 N–H and O–H groups in total. The number of methoxy groups -OCH3 is 1. The normalized spacial score (nSPS) is 9.92. The topological polar surface area (TPSA) is 48.1 Å². The van der Waals surface area contributed by atoms with Crippen molar-refractivity contribution in [2.24, 2.45) is 5.73 Å². The molecule has 0 spiro atoms. The minimum Gasteiger partial charge on any atom is -0.496 e. The summed E-state index contributed by atoms with van der Waals surface area (Å²) in [6.07, 6.45) is 2.56. The van der Waals surface area contributed by atoms with Gasteiger partial charge < -0.3 is 10.5 Å². The Bertz CT molecular complexity index is 261. The lowest BCUT2D eigenvalue weighted by Gasteiger charge is -2.07. The Kier molecular flexibility index (Phi) is 3.05. The fourth-order valence-corrected chi connectivity index (χ4v) is 1.17. The van der Waals surface area contributed by atoms with Gasteiger partial charge in [-0.25, -0.2) is 0 Å². The van der Waals surface area contributed by atoms with Crippen molar-refractivity contribution in [3.63, 3.8) is 0 Å². The van der Waals surface area contributed by atoms with Gasteiger partial charge in [0.25, 0.3) is 0 Å². The first-order valence-electron chi connectivity index (χ1n) is 3.98. The fraction of sp³-hybridized carbons (Fsp3) is 0.444. The number of rotatable bonds is 3. The summed E-state index contributed by atoms with van der Waals surface area (Å²) < 4.78 is 5.15. The van der Waals surface area contributed by atoms with Crippen molar-refractivity contribution in [1.82, 2.24) is 4.98 Å². The summed E-state index contributed by atoms with van der Waals surface area (Å²) >= 11 is 0. The molecule has 0 radical (unpaired) electrons. The van der Waals surface area contributed by atoms with Crippen LogP contribution in [0.4, 0.5) is 0 Å². The van der Waals surface area contributed by atoms with Gasteiger partial charge in [-0.1, -0.05) is 0 Å². The van der Waals surface area contributed by atoms with E-state index >= 15 is 0 Å². The van der Waals surface area contributed by atoms with Crippen LogP contribution < -0.4 is 10.5 Å². The first-order valence-corrected chi connectivity index (χ1v) is 3.98. The molecule has 1 aromatic rings. The van der Waals surface area contributed by atoms with Crippen LogP contribution in [0.1, 0.15) is 11.3 Å². The van der Waals surface area contributed by atoms with Crippen LogP contribution in [0, 0.1) is 6.92 Å². The lowest BCUT2D eigenvalue weighted by atomic mass is 10.1. The van der Waals surface area contributed by atoms with Crippen LogP contribution in [0.3, 0.4) is 0 Å². The SMILES string of the molecule is COc1ccnc(CCN)c1C. The van der Waals surface area contributed by atoms with Crippen molar-refractivity contribution >= 4 is 0 Å². The predicted octanol–water partition coefficient (Wildman–Crippen LogP) is 0.900. The van der Waals surface area contributed by atoms with Gasteiger partial charge in [-0.15, -0.1) is 0 Å². The maximum absolute atomic E-state index is 5.44. The van der Waals surface area contributed by atoms with E-state index in [-0.39, 0.29) is 0 Å². The quantitative estimate of drug-likeness (QED) is 0.725. The molecular formula is C9H14N2O. The number of ether oxygens (including phenoxy) is 1. The van der Waals surface area contributed by atoms with Crippen molar-refractivity contribution in [3.8, 4) is 5.75 Å². The molecule has 0 atom stereocenters. The third kappa shape index (κ3) is 1.74. The molecule has 1 aromatic heterocycles. The van der Waals surface area contributed by atoms with Crippen molar-refractivity contribution in [1.29, 1.82) is 0 Å². The maximum atomic E-state index is 5.44. The van der Waals surface area contributed by atoms with E-state index < -0.39 is 0 Å². The Morgan fingerprint density at radius 2 is 2.33 bits per heavy atom. The standard InChI is InChI=1S/C9H14N2O/c1-7-8(3-5-10)11-6-4-9(7)12-2/h4,6H,3,5,10H2,1-2H3. The average molecular weight is 166 g/mol. The number of pyridine rings is 1. The van der Waals surface area contributed by atoms with Gasteiger partial charge in [-0.05, 0) is 19.5 Å². The van der Waals surface area contributed by atoms with Crippen LogP contribution in [-0.2, 0) is 6.42 Å². The number of aromatic nitrogens is 1. The van der Waals surface area contributed by atoms with E-state index in [9.17, 15) is 0 Å². The third-order valence-corrected chi connectivity index (χ3v) is 1.86. The summed E-state index contributed by atoms with van der Waals surface area (Å²) in [6, 6.07) is 1.86.